The summed E-state index contributed by atoms with van der Waals surface area (Å²) in [6, 6.07) is 1.69. The van der Waals surface area contributed by atoms with Gasteiger partial charge in [0.1, 0.15) is 30.0 Å². The Morgan fingerprint density at radius 2 is 2.14 bits per heavy atom. The first-order valence-corrected chi connectivity index (χ1v) is 11.3. The Kier molecular flexibility index (Phi) is 5.05. The molecule has 13 nitrogen and oxygen atoms in total. The number of ether oxygens (including phenoxy) is 1. The lowest BCUT2D eigenvalue weighted by molar-refractivity contribution is -0.138. The number of imidazole rings is 1. The number of hydrogen-bond donors (Lipinski definition) is 5. The summed E-state index contributed by atoms with van der Waals surface area (Å²) >= 11 is 0. The Labute approximate surface area is 199 Å². The number of nitrogens with one attached hydrogen (secondary N) is 2. The summed E-state index contributed by atoms with van der Waals surface area (Å²) in [5.74, 6) is -0.241. The summed E-state index contributed by atoms with van der Waals surface area (Å²) in [4.78, 5) is 28.8. The lowest BCUT2D eigenvalue weighted by Crippen LogP contribution is -2.48. The summed E-state index contributed by atoms with van der Waals surface area (Å²) in [6.45, 7) is 0. The van der Waals surface area contributed by atoms with Gasteiger partial charge in [-0.25, -0.2) is 15.0 Å². The van der Waals surface area contributed by atoms with Crippen molar-refractivity contribution in [1.29, 1.82) is 0 Å². The summed E-state index contributed by atoms with van der Waals surface area (Å²) in [5.41, 5.74) is 9.84. The van der Waals surface area contributed by atoms with Crippen LogP contribution in [0.1, 0.15) is 24.0 Å². The van der Waals surface area contributed by atoms with Crippen molar-refractivity contribution in [3.63, 3.8) is 0 Å². The minimum Gasteiger partial charge on any atom is -0.387 e. The van der Waals surface area contributed by atoms with Gasteiger partial charge < -0.3 is 35.6 Å². The average Bonchev–Trinajstić information content (AvgIpc) is 3.61. The SMILES string of the molecule is Cn1ccc(-c2cn([C@@H]3O[C@H](C(=O)NC4CCc5nc[nH]c5C4)[C@@H](O)[C@H]3O)c3ncnc(N)c23)n1. The predicted octanol–water partition coefficient (Wildman–Crippen LogP) is -0.570. The number of aromatic nitrogens is 7. The molecule has 13 heteroatoms. The number of carbonyl (C=O) groups excluding carboxylic acids is 1. The van der Waals surface area contributed by atoms with Crippen LogP contribution in [-0.2, 0) is 29.4 Å². The van der Waals surface area contributed by atoms with Gasteiger partial charge in [0, 0.05) is 43.2 Å². The summed E-state index contributed by atoms with van der Waals surface area (Å²) < 4.78 is 9.16. The van der Waals surface area contributed by atoms with E-state index in [0.29, 0.717) is 28.7 Å². The molecule has 1 saturated heterocycles. The van der Waals surface area contributed by atoms with E-state index in [0.717, 1.165) is 24.2 Å². The van der Waals surface area contributed by atoms with Crippen molar-refractivity contribution < 1.29 is 19.7 Å². The number of rotatable bonds is 4. The van der Waals surface area contributed by atoms with E-state index in [1.54, 1.807) is 35.0 Å². The number of amides is 1. The number of anilines is 1. The lowest BCUT2D eigenvalue weighted by atomic mass is 9.95. The lowest BCUT2D eigenvalue weighted by Gasteiger charge is -2.24. The van der Waals surface area contributed by atoms with Crippen molar-refractivity contribution in [2.45, 2.75) is 49.8 Å². The van der Waals surface area contributed by atoms with Gasteiger partial charge in [-0.1, -0.05) is 0 Å². The predicted molar refractivity (Wildman–Crippen MR) is 123 cm³/mol. The van der Waals surface area contributed by atoms with Crippen molar-refractivity contribution >= 4 is 22.8 Å². The van der Waals surface area contributed by atoms with Gasteiger partial charge in [-0.3, -0.25) is 9.48 Å². The number of hydrogen-bond acceptors (Lipinski definition) is 9. The van der Waals surface area contributed by atoms with E-state index in [9.17, 15) is 15.0 Å². The molecule has 4 aromatic rings. The van der Waals surface area contributed by atoms with Crippen LogP contribution in [0.15, 0.2) is 31.1 Å². The second kappa shape index (κ2) is 8.15. The van der Waals surface area contributed by atoms with Gasteiger partial charge in [0.15, 0.2) is 12.3 Å². The van der Waals surface area contributed by atoms with E-state index in [1.807, 2.05) is 6.07 Å². The van der Waals surface area contributed by atoms with Crippen LogP contribution in [-0.4, -0.2) is 74.8 Å². The molecule has 0 bridgehead atoms. The van der Waals surface area contributed by atoms with Gasteiger partial charge in [-0.15, -0.1) is 0 Å². The van der Waals surface area contributed by atoms with Crippen molar-refractivity contribution in [3.05, 3.63) is 42.5 Å². The van der Waals surface area contributed by atoms with Crippen LogP contribution in [0, 0.1) is 0 Å². The van der Waals surface area contributed by atoms with Crippen LogP contribution in [0.25, 0.3) is 22.3 Å². The third-order valence-electron chi connectivity index (χ3n) is 6.73. The third-order valence-corrected chi connectivity index (χ3v) is 6.73. The van der Waals surface area contributed by atoms with E-state index in [2.05, 4.69) is 30.4 Å². The molecular weight excluding hydrogens is 454 g/mol. The molecule has 1 amide bonds. The zero-order valence-corrected chi connectivity index (χ0v) is 18.9. The van der Waals surface area contributed by atoms with Crippen LogP contribution in [0.4, 0.5) is 5.82 Å². The molecule has 0 radical (unpaired) electrons. The molecule has 0 saturated carbocycles. The molecule has 182 valence electrons. The maximum Gasteiger partial charge on any atom is 0.252 e. The van der Waals surface area contributed by atoms with Crippen molar-refractivity contribution in [2.75, 3.05) is 5.73 Å². The highest BCUT2D eigenvalue weighted by molar-refractivity contribution is 5.99. The monoisotopic (exact) mass is 479 g/mol. The van der Waals surface area contributed by atoms with Gasteiger partial charge in [0.2, 0.25) is 0 Å². The first kappa shape index (κ1) is 21.7. The first-order chi connectivity index (χ1) is 16.9. The molecule has 35 heavy (non-hydrogen) atoms. The smallest absolute Gasteiger partial charge is 0.252 e. The number of carbonyl (C=O) groups is 1. The van der Waals surface area contributed by atoms with Crippen LogP contribution < -0.4 is 11.1 Å². The quantitative estimate of drug-likeness (QED) is 0.256. The number of aliphatic hydroxyl groups excluding tert-OH is 2. The number of fused-ring (bicyclic) bond motifs is 2. The topological polar surface area (TPSA) is 182 Å². The highest BCUT2D eigenvalue weighted by Gasteiger charge is 2.48. The van der Waals surface area contributed by atoms with Crippen molar-refractivity contribution in [2.24, 2.45) is 7.05 Å². The first-order valence-electron chi connectivity index (χ1n) is 11.3. The Bertz CT molecular complexity index is 1410. The summed E-state index contributed by atoms with van der Waals surface area (Å²) in [7, 11) is 1.80. The van der Waals surface area contributed by atoms with Crippen LogP contribution in [0.5, 0.6) is 0 Å². The molecule has 0 spiro atoms. The molecule has 4 aromatic heterocycles. The van der Waals surface area contributed by atoms with Gasteiger partial charge in [0.25, 0.3) is 5.91 Å². The maximum absolute atomic E-state index is 13.0. The minimum absolute atomic E-state index is 0.127. The van der Waals surface area contributed by atoms with E-state index < -0.39 is 30.4 Å². The van der Waals surface area contributed by atoms with Gasteiger partial charge >= 0.3 is 0 Å². The third kappa shape index (κ3) is 3.55. The Hall–Kier alpha value is -3.81. The van der Waals surface area contributed by atoms with Crippen LogP contribution >= 0.6 is 0 Å². The zero-order valence-electron chi connectivity index (χ0n) is 18.9. The molecule has 5 heterocycles. The fraction of sp³-hybridized carbons (Fsp3) is 0.409. The number of aryl methyl sites for hydroxylation is 2. The Balaban J connectivity index is 1.28. The summed E-state index contributed by atoms with van der Waals surface area (Å²) in [6.07, 6.45) is 3.40. The molecule has 1 fully saturated rings. The molecule has 0 aromatic carbocycles. The van der Waals surface area contributed by atoms with Crippen LogP contribution in [0.2, 0.25) is 0 Å². The number of aromatic amines is 1. The zero-order chi connectivity index (χ0) is 24.3. The fourth-order valence-corrected chi connectivity index (χ4v) is 4.97. The number of nitrogens with two attached hydrogens (primary N) is 1. The van der Waals surface area contributed by atoms with Crippen molar-refractivity contribution in [3.8, 4) is 11.3 Å². The molecule has 2 aliphatic rings. The summed E-state index contributed by atoms with van der Waals surface area (Å²) in [5, 5.41) is 29.5. The van der Waals surface area contributed by atoms with E-state index in [1.165, 1.54) is 6.33 Å². The molecule has 1 unspecified atom stereocenters. The molecule has 1 aliphatic carbocycles. The largest absolute Gasteiger partial charge is 0.387 e. The Morgan fingerprint density at radius 3 is 2.94 bits per heavy atom. The minimum atomic E-state index is -1.43. The maximum atomic E-state index is 13.0. The van der Waals surface area contributed by atoms with E-state index >= 15 is 0 Å². The molecule has 6 N–H and O–H groups in total. The number of nitrogen functional groups attached to an aromatic ring is 1. The number of aliphatic hydroxyl groups is 2. The fourth-order valence-electron chi connectivity index (χ4n) is 4.97. The number of H-pyrrole nitrogens is 1. The van der Waals surface area contributed by atoms with E-state index in [4.69, 9.17) is 10.5 Å². The standard InChI is InChI=1S/C22H25N9O4/c1-30-5-4-12(29-30)11-7-31(20-15(11)19(23)26-9-27-20)22-17(33)16(32)18(35-22)21(34)28-10-2-3-13-14(6-10)25-8-24-13/h4-5,7-10,16-18,22,32-33H,2-3,6H2,1H3,(H,24,25)(H,28,34)(H2,23,26,27)/t10?,16-,17+,18-,22+/m0/s1. The van der Waals surface area contributed by atoms with E-state index in [-0.39, 0.29) is 11.9 Å². The van der Waals surface area contributed by atoms with Crippen molar-refractivity contribution in [1.82, 2.24) is 39.6 Å². The van der Waals surface area contributed by atoms with Crippen LogP contribution in [0.3, 0.4) is 0 Å². The molecule has 5 atom stereocenters. The normalized spacial score (nSPS) is 26.2. The highest BCUT2D eigenvalue weighted by atomic mass is 16.6. The van der Waals surface area contributed by atoms with Gasteiger partial charge in [0.05, 0.1) is 23.1 Å². The number of nitrogens with zero attached hydrogens (tertiary/aromatic N) is 6. The highest BCUT2D eigenvalue weighted by Crippen LogP contribution is 2.38. The average molecular weight is 480 g/mol. The van der Waals surface area contributed by atoms with Gasteiger partial charge in [-0.2, -0.15) is 5.10 Å². The second-order valence-electron chi connectivity index (χ2n) is 8.99. The second-order valence-corrected chi connectivity index (χ2v) is 8.99. The molecule has 6 rings (SSSR count). The Morgan fingerprint density at radius 1 is 1.29 bits per heavy atom. The molecule has 1 aliphatic heterocycles. The van der Waals surface area contributed by atoms with Gasteiger partial charge in [-0.05, 0) is 18.9 Å². The molecular formula is C22H25N9O4.